The van der Waals surface area contributed by atoms with E-state index in [1.54, 1.807) is 7.05 Å². The topological polar surface area (TPSA) is 61.4 Å². The molecule has 1 rings (SSSR count). The fourth-order valence-electron chi connectivity index (χ4n) is 2.13. The van der Waals surface area contributed by atoms with Crippen LogP contribution >= 0.6 is 0 Å². The predicted octanol–water partition coefficient (Wildman–Crippen LogP) is 0.359. The van der Waals surface area contributed by atoms with Crippen molar-refractivity contribution in [3.63, 3.8) is 0 Å². The molecule has 0 aliphatic carbocycles. The SMILES string of the molecule is CCCNC(=O)CN(C)C(=O)C1CCC(C)NC1. The number of amides is 2. The van der Waals surface area contributed by atoms with Crippen LogP contribution in [0, 0.1) is 5.92 Å². The van der Waals surface area contributed by atoms with Crippen LogP contribution in [0.1, 0.15) is 33.1 Å². The molecule has 0 spiro atoms. The quantitative estimate of drug-likeness (QED) is 0.745. The van der Waals surface area contributed by atoms with Gasteiger partial charge in [0.15, 0.2) is 0 Å². The van der Waals surface area contributed by atoms with Crippen LogP contribution in [0.15, 0.2) is 0 Å². The lowest BCUT2D eigenvalue weighted by Crippen LogP contribution is -2.47. The van der Waals surface area contributed by atoms with Crippen molar-refractivity contribution < 1.29 is 9.59 Å². The van der Waals surface area contributed by atoms with E-state index in [4.69, 9.17) is 0 Å². The molecule has 0 aromatic heterocycles. The zero-order valence-electron chi connectivity index (χ0n) is 11.7. The molecule has 2 amide bonds. The number of likely N-dealkylation sites (N-methyl/N-ethyl adjacent to an activating group) is 1. The maximum atomic E-state index is 12.1. The lowest BCUT2D eigenvalue weighted by atomic mass is 9.94. The minimum absolute atomic E-state index is 0.0187. The third-order valence-electron chi connectivity index (χ3n) is 3.34. The van der Waals surface area contributed by atoms with Crippen molar-refractivity contribution in [3.05, 3.63) is 0 Å². The average molecular weight is 255 g/mol. The lowest BCUT2D eigenvalue weighted by Gasteiger charge is -2.29. The average Bonchev–Trinajstić information content (AvgIpc) is 2.36. The fraction of sp³-hybridized carbons (Fsp3) is 0.846. The van der Waals surface area contributed by atoms with Gasteiger partial charge in [0.05, 0.1) is 12.5 Å². The van der Waals surface area contributed by atoms with Gasteiger partial charge >= 0.3 is 0 Å². The number of carbonyl (C=O) groups excluding carboxylic acids is 2. The second-order valence-electron chi connectivity index (χ2n) is 5.13. The summed E-state index contributed by atoms with van der Waals surface area (Å²) in [6.07, 6.45) is 2.84. The van der Waals surface area contributed by atoms with E-state index in [0.717, 1.165) is 25.8 Å². The third kappa shape index (κ3) is 4.64. The van der Waals surface area contributed by atoms with Crippen molar-refractivity contribution in [3.8, 4) is 0 Å². The van der Waals surface area contributed by atoms with Crippen molar-refractivity contribution >= 4 is 11.8 Å². The zero-order valence-corrected chi connectivity index (χ0v) is 11.7. The van der Waals surface area contributed by atoms with Crippen LogP contribution in [-0.2, 0) is 9.59 Å². The second-order valence-corrected chi connectivity index (χ2v) is 5.13. The maximum Gasteiger partial charge on any atom is 0.239 e. The Bertz CT molecular complexity index is 286. The molecule has 5 nitrogen and oxygen atoms in total. The molecule has 2 N–H and O–H groups in total. The summed E-state index contributed by atoms with van der Waals surface area (Å²) in [4.78, 5) is 25.2. The molecule has 1 saturated heterocycles. The molecule has 5 heteroatoms. The summed E-state index contributed by atoms with van der Waals surface area (Å²) in [6, 6.07) is 0.493. The molecule has 1 fully saturated rings. The van der Waals surface area contributed by atoms with Crippen LogP contribution in [0.3, 0.4) is 0 Å². The molecule has 0 bridgehead atoms. The van der Waals surface area contributed by atoms with E-state index in [1.165, 1.54) is 4.90 Å². The summed E-state index contributed by atoms with van der Waals surface area (Å²) in [5.74, 6) is 0.0102. The Labute approximate surface area is 109 Å². The smallest absolute Gasteiger partial charge is 0.239 e. The summed E-state index contributed by atoms with van der Waals surface area (Å²) >= 11 is 0. The molecular weight excluding hydrogens is 230 g/mol. The highest BCUT2D eigenvalue weighted by Gasteiger charge is 2.26. The molecule has 0 aromatic carbocycles. The van der Waals surface area contributed by atoms with Crippen LogP contribution in [0.2, 0.25) is 0 Å². The minimum Gasteiger partial charge on any atom is -0.355 e. The molecule has 2 unspecified atom stereocenters. The Morgan fingerprint density at radius 2 is 2.11 bits per heavy atom. The first-order valence-electron chi connectivity index (χ1n) is 6.79. The maximum absolute atomic E-state index is 12.1. The Morgan fingerprint density at radius 3 is 2.67 bits per heavy atom. The molecule has 1 aliphatic rings. The molecule has 0 saturated carbocycles. The Balaban J connectivity index is 2.34. The van der Waals surface area contributed by atoms with Crippen LogP contribution in [0.25, 0.3) is 0 Å². The molecule has 18 heavy (non-hydrogen) atoms. The largest absolute Gasteiger partial charge is 0.355 e. The first kappa shape index (κ1) is 15.0. The van der Waals surface area contributed by atoms with Crippen molar-refractivity contribution in [2.45, 2.75) is 39.2 Å². The first-order valence-corrected chi connectivity index (χ1v) is 6.79. The highest BCUT2D eigenvalue weighted by molar-refractivity contribution is 5.85. The van der Waals surface area contributed by atoms with Gasteiger partial charge in [0.25, 0.3) is 0 Å². The van der Waals surface area contributed by atoms with Gasteiger partial charge in [-0.05, 0) is 26.2 Å². The first-order chi connectivity index (χ1) is 8.54. The van der Waals surface area contributed by atoms with Crippen molar-refractivity contribution in [1.82, 2.24) is 15.5 Å². The van der Waals surface area contributed by atoms with E-state index in [-0.39, 0.29) is 24.3 Å². The number of piperidine rings is 1. The molecule has 0 radical (unpaired) electrons. The van der Waals surface area contributed by atoms with Gasteiger partial charge < -0.3 is 15.5 Å². The van der Waals surface area contributed by atoms with Gasteiger partial charge in [-0.2, -0.15) is 0 Å². The van der Waals surface area contributed by atoms with Gasteiger partial charge in [-0.3, -0.25) is 9.59 Å². The highest BCUT2D eigenvalue weighted by atomic mass is 16.2. The van der Waals surface area contributed by atoms with E-state index in [9.17, 15) is 9.59 Å². The number of nitrogens with one attached hydrogen (secondary N) is 2. The molecule has 2 atom stereocenters. The van der Waals surface area contributed by atoms with Gasteiger partial charge in [-0.15, -0.1) is 0 Å². The van der Waals surface area contributed by atoms with Gasteiger partial charge in [0.1, 0.15) is 0 Å². The van der Waals surface area contributed by atoms with Crippen molar-refractivity contribution in [2.75, 3.05) is 26.7 Å². The Morgan fingerprint density at radius 1 is 1.39 bits per heavy atom. The number of hydrogen-bond acceptors (Lipinski definition) is 3. The zero-order chi connectivity index (χ0) is 13.5. The Hall–Kier alpha value is -1.10. The summed E-state index contributed by atoms with van der Waals surface area (Å²) in [7, 11) is 1.70. The van der Waals surface area contributed by atoms with Crippen molar-refractivity contribution in [1.29, 1.82) is 0 Å². The van der Waals surface area contributed by atoms with E-state index in [1.807, 2.05) is 6.92 Å². The third-order valence-corrected chi connectivity index (χ3v) is 3.34. The minimum atomic E-state index is -0.0789. The number of rotatable bonds is 5. The summed E-state index contributed by atoms with van der Waals surface area (Å²) < 4.78 is 0. The molecular formula is C13H25N3O2. The molecule has 104 valence electrons. The number of hydrogen-bond donors (Lipinski definition) is 2. The van der Waals surface area contributed by atoms with Crippen LogP contribution in [-0.4, -0.2) is 49.4 Å². The van der Waals surface area contributed by atoms with E-state index in [0.29, 0.717) is 12.6 Å². The van der Waals surface area contributed by atoms with Gasteiger partial charge in [-0.25, -0.2) is 0 Å². The summed E-state index contributed by atoms with van der Waals surface area (Å²) in [6.45, 7) is 5.68. The fourth-order valence-corrected chi connectivity index (χ4v) is 2.13. The van der Waals surface area contributed by atoms with Gasteiger partial charge in [0.2, 0.25) is 11.8 Å². The Kier molecular flexibility index (Phi) is 6.12. The normalized spacial score (nSPS) is 23.5. The monoisotopic (exact) mass is 255 g/mol. The van der Waals surface area contributed by atoms with E-state index < -0.39 is 0 Å². The van der Waals surface area contributed by atoms with E-state index >= 15 is 0 Å². The second kappa shape index (κ2) is 7.36. The number of nitrogens with zero attached hydrogens (tertiary/aromatic N) is 1. The molecule has 0 aromatic rings. The number of carbonyl (C=O) groups is 2. The summed E-state index contributed by atoms with van der Waals surface area (Å²) in [5, 5.41) is 6.09. The van der Waals surface area contributed by atoms with E-state index in [2.05, 4.69) is 17.6 Å². The van der Waals surface area contributed by atoms with Crippen LogP contribution in [0.4, 0.5) is 0 Å². The highest BCUT2D eigenvalue weighted by Crippen LogP contribution is 2.15. The lowest BCUT2D eigenvalue weighted by molar-refractivity contribution is -0.138. The predicted molar refractivity (Wildman–Crippen MR) is 71.1 cm³/mol. The molecule has 1 aliphatic heterocycles. The van der Waals surface area contributed by atoms with Crippen LogP contribution in [0.5, 0.6) is 0 Å². The standard InChI is InChI=1S/C13H25N3O2/c1-4-7-14-12(17)9-16(3)13(18)11-6-5-10(2)15-8-11/h10-11,15H,4-9H2,1-3H3,(H,14,17). The van der Waals surface area contributed by atoms with Crippen LogP contribution < -0.4 is 10.6 Å². The van der Waals surface area contributed by atoms with Gasteiger partial charge in [-0.1, -0.05) is 6.92 Å². The van der Waals surface area contributed by atoms with Gasteiger partial charge in [0, 0.05) is 26.2 Å². The van der Waals surface area contributed by atoms with Crippen molar-refractivity contribution in [2.24, 2.45) is 5.92 Å². The molecule has 1 heterocycles. The summed E-state index contributed by atoms with van der Waals surface area (Å²) in [5.41, 5.74) is 0.